The fourth-order valence-electron chi connectivity index (χ4n) is 5.44. The second-order valence-corrected chi connectivity index (χ2v) is 9.96. The zero-order chi connectivity index (χ0) is 28.6. The van der Waals surface area contributed by atoms with E-state index in [0.29, 0.717) is 30.7 Å². The number of fused-ring (bicyclic) bond motifs is 1. The molecule has 2 heterocycles. The number of alkyl halides is 3. The quantitative estimate of drug-likeness (QED) is 0.311. The summed E-state index contributed by atoms with van der Waals surface area (Å²) < 4.78 is 64.7. The van der Waals surface area contributed by atoms with Gasteiger partial charge in [0.05, 0.1) is 36.0 Å². The zero-order valence-corrected chi connectivity index (χ0v) is 21.7. The summed E-state index contributed by atoms with van der Waals surface area (Å²) in [5.41, 5.74) is 0.483. The molecule has 0 bridgehead atoms. The van der Waals surface area contributed by atoms with Crippen LogP contribution in [-0.4, -0.2) is 51.8 Å². The number of imidazole rings is 1. The number of aliphatic hydroxyl groups is 2. The minimum atomic E-state index is -4.62. The van der Waals surface area contributed by atoms with Gasteiger partial charge in [-0.15, -0.1) is 0 Å². The van der Waals surface area contributed by atoms with E-state index in [1.54, 1.807) is 24.3 Å². The molecule has 1 aliphatic rings. The Labute approximate surface area is 227 Å². The lowest BCUT2D eigenvalue weighted by atomic mass is 10.1. The first kappa shape index (κ1) is 27.7. The number of anilines is 1. The molecule has 0 saturated carbocycles. The number of rotatable bonds is 8. The topological polar surface area (TPSA) is 79.9 Å². The van der Waals surface area contributed by atoms with Crippen LogP contribution in [0.5, 0.6) is 5.75 Å². The molecule has 1 aromatic heterocycles. The van der Waals surface area contributed by atoms with Crippen molar-refractivity contribution in [1.29, 1.82) is 0 Å². The molecule has 3 aromatic carbocycles. The van der Waals surface area contributed by atoms with E-state index in [1.165, 1.54) is 33.4 Å². The molecule has 1 saturated heterocycles. The van der Waals surface area contributed by atoms with Crippen LogP contribution in [0.25, 0.3) is 11.0 Å². The number of halogens is 4. The molecule has 0 radical (unpaired) electrons. The van der Waals surface area contributed by atoms with Gasteiger partial charge in [0.2, 0.25) is 0 Å². The Hall–Kier alpha value is -3.83. The summed E-state index contributed by atoms with van der Waals surface area (Å²) in [5, 5.41) is 19.0. The second kappa shape index (κ2) is 11.0. The van der Waals surface area contributed by atoms with E-state index < -0.39 is 30.1 Å². The van der Waals surface area contributed by atoms with Crippen LogP contribution in [0.2, 0.25) is 0 Å². The van der Waals surface area contributed by atoms with Gasteiger partial charge in [-0.1, -0.05) is 36.4 Å². The molecule has 212 valence electrons. The minimum Gasteiger partial charge on any atom is -0.489 e. The number of nitrogens with zero attached hydrogens (tertiary/aromatic N) is 3. The first-order valence-corrected chi connectivity index (χ1v) is 12.9. The first-order chi connectivity index (χ1) is 19.1. The lowest BCUT2D eigenvalue weighted by Crippen LogP contribution is -2.30. The first-order valence-electron chi connectivity index (χ1n) is 12.9. The highest BCUT2D eigenvalue weighted by Gasteiger charge is 2.34. The minimum absolute atomic E-state index is 0.0867. The standard InChI is InChI=1S/C29H29F4N3O4/c1-18-6-4-9-23(30)26(18)34-13-12-20(15-34)36-24-10-5-11-25(40-17-21(38)16-37)27(24)35(28(36)39)14-19-7-2-3-8-22(19)29(31,32)33/h2-11,20-21,37-38H,12-17H2,1H3/t20-,21?/m1/s1. The molecule has 1 unspecified atom stereocenters. The van der Waals surface area contributed by atoms with Crippen molar-refractivity contribution in [2.45, 2.75) is 38.2 Å². The van der Waals surface area contributed by atoms with Crippen LogP contribution in [0.4, 0.5) is 23.2 Å². The third-order valence-corrected chi connectivity index (χ3v) is 7.27. The maximum atomic E-state index is 14.7. The summed E-state index contributed by atoms with van der Waals surface area (Å²) in [7, 11) is 0. The lowest BCUT2D eigenvalue weighted by molar-refractivity contribution is -0.138. The van der Waals surface area contributed by atoms with Crippen LogP contribution in [0, 0.1) is 12.7 Å². The molecule has 0 aliphatic carbocycles. The highest BCUT2D eigenvalue weighted by Crippen LogP contribution is 2.36. The molecule has 1 aliphatic heterocycles. The van der Waals surface area contributed by atoms with Crippen LogP contribution >= 0.6 is 0 Å². The maximum Gasteiger partial charge on any atom is 0.416 e. The Kier molecular flexibility index (Phi) is 7.61. The van der Waals surface area contributed by atoms with Crippen LogP contribution in [0.1, 0.15) is 29.2 Å². The Bertz CT molecular complexity index is 1560. The average molecular weight is 560 g/mol. The molecule has 5 rings (SSSR count). The highest BCUT2D eigenvalue weighted by molar-refractivity contribution is 5.83. The van der Waals surface area contributed by atoms with Crippen LogP contribution < -0.4 is 15.3 Å². The van der Waals surface area contributed by atoms with Crippen molar-refractivity contribution >= 4 is 16.7 Å². The monoisotopic (exact) mass is 559 g/mol. The Balaban J connectivity index is 1.62. The van der Waals surface area contributed by atoms with E-state index in [1.807, 2.05) is 17.9 Å². The summed E-state index contributed by atoms with van der Waals surface area (Å²) in [5.74, 6) is -0.178. The average Bonchev–Trinajstić information content (AvgIpc) is 3.49. The number of hydrogen-bond acceptors (Lipinski definition) is 5. The molecule has 2 N–H and O–H groups in total. The van der Waals surface area contributed by atoms with Gasteiger partial charge in [-0.05, 0) is 48.7 Å². The smallest absolute Gasteiger partial charge is 0.416 e. The largest absolute Gasteiger partial charge is 0.489 e. The van der Waals surface area contributed by atoms with Crippen molar-refractivity contribution in [3.63, 3.8) is 0 Å². The van der Waals surface area contributed by atoms with E-state index in [4.69, 9.17) is 4.74 Å². The van der Waals surface area contributed by atoms with E-state index in [2.05, 4.69) is 0 Å². The van der Waals surface area contributed by atoms with Gasteiger partial charge in [-0.2, -0.15) is 13.2 Å². The summed E-state index contributed by atoms with van der Waals surface area (Å²) >= 11 is 0. The van der Waals surface area contributed by atoms with Crippen LogP contribution in [0.3, 0.4) is 0 Å². The fourth-order valence-corrected chi connectivity index (χ4v) is 5.44. The van der Waals surface area contributed by atoms with Crippen molar-refractivity contribution in [2.75, 3.05) is 31.2 Å². The van der Waals surface area contributed by atoms with Crippen molar-refractivity contribution in [1.82, 2.24) is 9.13 Å². The molecule has 0 amide bonds. The summed E-state index contributed by atoms with van der Waals surface area (Å²) in [6.45, 7) is 1.43. The number of aromatic nitrogens is 2. The SMILES string of the molecule is Cc1cccc(F)c1N1CC[C@@H](n2c(=O)n(Cc3ccccc3C(F)(F)F)c3c(OCC(O)CO)cccc32)C1. The van der Waals surface area contributed by atoms with Crippen LogP contribution in [0.15, 0.2) is 65.5 Å². The maximum absolute atomic E-state index is 14.7. The van der Waals surface area contributed by atoms with Gasteiger partial charge in [-0.25, -0.2) is 9.18 Å². The molecule has 1 fully saturated rings. The molecule has 0 spiro atoms. The van der Waals surface area contributed by atoms with Crippen molar-refractivity contribution in [3.8, 4) is 5.75 Å². The number of ether oxygens (including phenoxy) is 1. The van der Waals surface area contributed by atoms with Gasteiger partial charge in [0.15, 0.2) is 0 Å². The van der Waals surface area contributed by atoms with Gasteiger partial charge >= 0.3 is 11.9 Å². The fraction of sp³-hybridized carbons (Fsp3) is 0.345. The van der Waals surface area contributed by atoms with Gasteiger partial charge in [0, 0.05) is 13.1 Å². The number of para-hydroxylation sites is 2. The summed E-state index contributed by atoms with van der Waals surface area (Å²) in [4.78, 5) is 15.8. The second-order valence-electron chi connectivity index (χ2n) is 9.96. The van der Waals surface area contributed by atoms with Crippen LogP contribution in [-0.2, 0) is 12.7 Å². The van der Waals surface area contributed by atoms with Gasteiger partial charge < -0.3 is 19.8 Å². The van der Waals surface area contributed by atoms with Gasteiger partial charge in [0.1, 0.15) is 29.8 Å². The third kappa shape index (κ3) is 5.18. The summed E-state index contributed by atoms with van der Waals surface area (Å²) in [6.07, 6.45) is -5.29. The van der Waals surface area contributed by atoms with Crippen molar-refractivity contribution in [2.24, 2.45) is 0 Å². The number of aryl methyl sites for hydroxylation is 1. The predicted molar refractivity (Wildman–Crippen MR) is 142 cm³/mol. The molecule has 7 nitrogen and oxygen atoms in total. The Morgan fingerprint density at radius 1 is 1.07 bits per heavy atom. The Morgan fingerprint density at radius 3 is 2.55 bits per heavy atom. The molecule has 4 aromatic rings. The van der Waals surface area contributed by atoms with E-state index in [-0.39, 0.29) is 41.8 Å². The number of aliphatic hydroxyl groups excluding tert-OH is 2. The Morgan fingerprint density at radius 2 is 1.82 bits per heavy atom. The predicted octanol–water partition coefficient (Wildman–Crippen LogP) is 4.50. The normalized spacial score (nSPS) is 16.6. The third-order valence-electron chi connectivity index (χ3n) is 7.27. The summed E-state index contributed by atoms with van der Waals surface area (Å²) in [6, 6.07) is 14.4. The number of hydrogen-bond donors (Lipinski definition) is 2. The van der Waals surface area contributed by atoms with E-state index in [9.17, 15) is 32.6 Å². The zero-order valence-electron chi connectivity index (χ0n) is 21.7. The van der Waals surface area contributed by atoms with Gasteiger partial charge in [-0.3, -0.25) is 9.13 Å². The molecule has 40 heavy (non-hydrogen) atoms. The highest BCUT2D eigenvalue weighted by atomic mass is 19.4. The van der Waals surface area contributed by atoms with Crippen molar-refractivity contribution in [3.05, 3.63) is 93.7 Å². The molecular formula is C29H29F4N3O4. The molecule has 2 atom stereocenters. The van der Waals surface area contributed by atoms with E-state index in [0.717, 1.165) is 11.6 Å². The molecular weight excluding hydrogens is 530 g/mol. The molecule has 11 heteroatoms. The van der Waals surface area contributed by atoms with Gasteiger partial charge in [0.25, 0.3) is 0 Å². The number of benzene rings is 3. The van der Waals surface area contributed by atoms with Crippen molar-refractivity contribution < 1.29 is 32.5 Å². The lowest BCUT2D eigenvalue weighted by Gasteiger charge is -2.22. The van der Waals surface area contributed by atoms with E-state index >= 15 is 0 Å².